The fourth-order valence-corrected chi connectivity index (χ4v) is 2.36. The van der Waals surface area contributed by atoms with E-state index < -0.39 is 0 Å². The molecular weight excluding hydrogens is 238 g/mol. The van der Waals surface area contributed by atoms with Gasteiger partial charge >= 0.3 is 0 Å². The van der Waals surface area contributed by atoms with E-state index >= 15 is 0 Å². The van der Waals surface area contributed by atoms with Crippen LogP contribution in [0.15, 0.2) is 6.07 Å². The third-order valence-corrected chi connectivity index (χ3v) is 3.46. The highest BCUT2D eigenvalue weighted by Gasteiger charge is 2.10. The number of hydrogen-bond acceptors (Lipinski definition) is 5. The van der Waals surface area contributed by atoms with Gasteiger partial charge in [0.25, 0.3) is 0 Å². The zero-order chi connectivity index (χ0) is 13.7. The lowest BCUT2D eigenvalue weighted by Gasteiger charge is -2.26. The summed E-state index contributed by atoms with van der Waals surface area (Å²) >= 11 is 0. The van der Waals surface area contributed by atoms with Crippen LogP contribution in [0.4, 0.5) is 11.6 Å². The van der Waals surface area contributed by atoms with Crippen LogP contribution in [0.25, 0.3) is 0 Å². The highest BCUT2D eigenvalue weighted by molar-refractivity contribution is 5.44. The van der Waals surface area contributed by atoms with Crippen molar-refractivity contribution in [2.75, 3.05) is 37.2 Å². The number of aromatic nitrogens is 2. The van der Waals surface area contributed by atoms with E-state index in [-0.39, 0.29) is 0 Å². The molecule has 0 spiro atoms. The lowest BCUT2D eigenvalue weighted by molar-refractivity contribution is 0.237. The number of nitrogen functional groups attached to an aromatic ring is 1. The van der Waals surface area contributed by atoms with Crippen LogP contribution in [0.1, 0.15) is 44.9 Å². The minimum atomic E-state index is 0.297. The molecule has 1 aliphatic heterocycles. The SMILES string of the molecule is CC(C)c1nc(N)cc(NCCN2CCCCC2)n1. The van der Waals surface area contributed by atoms with Gasteiger partial charge in [0.1, 0.15) is 17.5 Å². The van der Waals surface area contributed by atoms with Crippen LogP contribution in [0, 0.1) is 0 Å². The molecule has 1 aromatic rings. The molecule has 0 unspecified atom stereocenters. The molecule has 2 rings (SSSR count). The van der Waals surface area contributed by atoms with Crippen molar-refractivity contribution in [3.8, 4) is 0 Å². The Labute approximate surface area is 115 Å². The second-order valence-electron chi connectivity index (χ2n) is 5.52. The zero-order valence-corrected chi connectivity index (χ0v) is 12.0. The van der Waals surface area contributed by atoms with Crippen molar-refractivity contribution in [2.24, 2.45) is 0 Å². The maximum absolute atomic E-state index is 5.81. The lowest BCUT2D eigenvalue weighted by atomic mass is 10.1. The van der Waals surface area contributed by atoms with Gasteiger partial charge in [0.05, 0.1) is 0 Å². The summed E-state index contributed by atoms with van der Waals surface area (Å²) in [6.07, 6.45) is 4.04. The molecule has 0 saturated carbocycles. The van der Waals surface area contributed by atoms with Gasteiger partial charge in [0.2, 0.25) is 0 Å². The minimum absolute atomic E-state index is 0.297. The molecule has 1 aliphatic rings. The van der Waals surface area contributed by atoms with Crippen molar-refractivity contribution >= 4 is 11.6 Å². The van der Waals surface area contributed by atoms with E-state index in [1.54, 1.807) is 0 Å². The second kappa shape index (κ2) is 6.70. The number of hydrogen-bond donors (Lipinski definition) is 2. The summed E-state index contributed by atoms with van der Waals surface area (Å²) in [5.41, 5.74) is 5.81. The van der Waals surface area contributed by atoms with E-state index in [0.29, 0.717) is 11.7 Å². The van der Waals surface area contributed by atoms with E-state index in [1.807, 2.05) is 6.07 Å². The van der Waals surface area contributed by atoms with Crippen molar-refractivity contribution in [2.45, 2.75) is 39.0 Å². The van der Waals surface area contributed by atoms with Crippen LogP contribution < -0.4 is 11.1 Å². The molecule has 0 aromatic carbocycles. The van der Waals surface area contributed by atoms with Crippen LogP contribution in [-0.4, -0.2) is 41.0 Å². The van der Waals surface area contributed by atoms with Gasteiger partial charge in [0.15, 0.2) is 0 Å². The van der Waals surface area contributed by atoms with Crippen LogP contribution in [0.5, 0.6) is 0 Å². The van der Waals surface area contributed by atoms with Crippen LogP contribution >= 0.6 is 0 Å². The van der Waals surface area contributed by atoms with Gasteiger partial charge in [0, 0.05) is 25.1 Å². The molecular formula is C14H25N5. The summed E-state index contributed by atoms with van der Waals surface area (Å²) in [4.78, 5) is 11.2. The predicted octanol–water partition coefficient (Wildman–Crippen LogP) is 2.08. The van der Waals surface area contributed by atoms with Gasteiger partial charge in [-0.2, -0.15) is 0 Å². The summed E-state index contributed by atoms with van der Waals surface area (Å²) in [5, 5.41) is 3.36. The molecule has 2 heterocycles. The van der Waals surface area contributed by atoms with E-state index in [9.17, 15) is 0 Å². The van der Waals surface area contributed by atoms with Crippen molar-refractivity contribution in [3.63, 3.8) is 0 Å². The molecule has 19 heavy (non-hydrogen) atoms. The first-order valence-corrected chi connectivity index (χ1v) is 7.26. The largest absolute Gasteiger partial charge is 0.384 e. The first kappa shape index (κ1) is 14.1. The minimum Gasteiger partial charge on any atom is -0.384 e. The smallest absolute Gasteiger partial charge is 0.135 e. The van der Waals surface area contributed by atoms with Crippen LogP contribution in [0.2, 0.25) is 0 Å². The van der Waals surface area contributed by atoms with E-state index in [0.717, 1.165) is 24.7 Å². The molecule has 0 amide bonds. The molecule has 3 N–H and O–H groups in total. The Morgan fingerprint density at radius 2 is 2.00 bits per heavy atom. The standard InChI is InChI=1S/C14H25N5/c1-11(2)14-17-12(15)10-13(18-14)16-6-9-19-7-4-3-5-8-19/h10-11H,3-9H2,1-2H3,(H3,15,16,17,18). The van der Waals surface area contributed by atoms with Gasteiger partial charge in [-0.25, -0.2) is 9.97 Å². The Kier molecular flexibility index (Phi) is 4.96. The first-order chi connectivity index (χ1) is 9.15. The molecule has 5 nitrogen and oxygen atoms in total. The Hall–Kier alpha value is -1.36. The Morgan fingerprint density at radius 1 is 1.26 bits per heavy atom. The van der Waals surface area contributed by atoms with E-state index in [1.165, 1.54) is 32.4 Å². The number of piperidine rings is 1. The monoisotopic (exact) mass is 263 g/mol. The zero-order valence-electron chi connectivity index (χ0n) is 12.0. The molecule has 1 fully saturated rings. The molecule has 0 bridgehead atoms. The van der Waals surface area contributed by atoms with Gasteiger partial charge in [-0.3, -0.25) is 0 Å². The number of nitrogens with one attached hydrogen (secondary N) is 1. The van der Waals surface area contributed by atoms with Gasteiger partial charge in [-0.15, -0.1) is 0 Å². The number of likely N-dealkylation sites (tertiary alicyclic amines) is 1. The highest BCUT2D eigenvalue weighted by atomic mass is 15.1. The summed E-state index contributed by atoms with van der Waals surface area (Å²) in [6.45, 7) is 8.59. The highest BCUT2D eigenvalue weighted by Crippen LogP contribution is 2.15. The summed E-state index contributed by atoms with van der Waals surface area (Å²) in [7, 11) is 0. The summed E-state index contributed by atoms with van der Waals surface area (Å²) in [5.74, 6) is 2.49. The Bertz CT molecular complexity index is 399. The van der Waals surface area contributed by atoms with E-state index in [2.05, 4.69) is 34.0 Å². The number of rotatable bonds is 5. The average Bonchev–Trinajstić information content (AvgIpc) is 2.39. The van der Waals surface area contributed by atoms with E-state index in [4.69, 9.17) is 5.73 Å². The number of nitrogens with two attached hydrogens (primary N) is 1. The number of nitrogens with zero attached hydrogens (tertiary/aromatic N) is 3. The van der Waals surface area contributed by atoms with Crippen molar-refractivity contribution in [1.82, 2.24) is 14.9 Å². The van der Waals surface area contributed by atoms with Gasteiger partial charge < -0.3 is 16.0 Å². The van der Waals surface area contributed by atoms with Gasteiger partial charge in [-0.05, 0) is 25.9 Å². The summed E-state index contributed by atoms with van der Waals surface area (Å²) in [6, 6.07) is 1.81. The Morgan fingerprint density at radius 3 is 2.68 bits per heavy atom. The van der Waals surface area contributed by atoms with Crippen LogP contribution in [-0.2, 0) is 0 Å². The van der Waals surface area contributed by atoms with Gasteiger partial charge in [-0.1, -0.05) is 20.3 Å². The fourth-order valence-electron chi connectivity index (χ4n) is 2.36. The molecule has 106 valence electrons. The molecule has 5 heteroatoms. The topological polar surface area (TPSA) is 67.1 Å². The third-order valence-electron chi connectivity index (χ3n) is 3.46. The summed E-state index contributed by atoms with van der Waals surface area (Å²) < 4.78 is 0. The first-order valence-electron chi connectivity index (χ1n) is 7.26. The normalized spacial score (nSPS) is 16.8. The van der Waals surface area contributed by atoms with Crippen molar-refractivity contribution in [1.29, 1.82) is 0 Å². The maximum Gasteiger partial charge on any atom is 0.135 e. The predicted molar refractivity (Wildman–Crippen MR) is 79.3 cm³/mol. The van der Waals surface area contributed by atoms with Crippen molar-refractivity contribution in [3.05, 3.63) is 11.9 Å². The molecule has 0 atom stereocenters. The molecule has 0 aliphatic carbocycles. The maximum atomic E-state index is 5.81. The fraction of sp³-hybridized carbons (Fsp3) is 0.714. The molecule has 1 saturated heterocycles. The average molecular weight is 263 g/mol. The molecule has 0 radical (unpaired) electrons. The van der Waals surface area contributed by atoms with Crippen LogP contribution in [0.3, 0.4) is 0 Å². The second-order valence-corrected chi connectivity index (χ2v) is 5.52. The Balaban J connectivity index is 1.84. The number of anilines is 2. The molecule has 1 aromatic heterocycles. The quantitative estimate of drug-likeness (QED) is 0.851. The lowest BCUT2D eigenvalue weighted by Crippen LogP contribution is -2.33. The van der Waals surface area contributed by atoms with Crippen molar-refractivity contribution < 1.29 is 0 Å². The third kappa shape index (κ3) is 4.35.